The van der Waals surface area contributed by atoms with Gasteiger partial charge in [-0.1, -0.05) is 45.8 Å². The first-order valence-corrected chi connectivity index (χ1v) is 7.80. The van der Waals surface area contributed by atoms with E-state index in [9.17, 15) is 0 Å². The second-order valence-electron chi connectivity index (χ2n) is 4.56. The molecule has 0 fully saturated rings. The van der Waals surface area contributed by atoms with Gasteiger partial charge < -0.3 is 0 Å². The number of alkyl halides is 1. The van der Waals surface area contributed by atoms with E-state index in [0.717, 1.165) is 19.3 Å². The van der Waals surface area contributed by atoms with E-state index < -0.39 is 0 Å². The summed E-state index contributed by atoms with van der Waals surface area (Å²) in [6, 6.07) is 11.0. The van der Waals surface area contributed by atoms with E-state index in [2.05, 4.69) is 52.1 Å². The van der Waals surface area contributed by atoms with Gasteiger partial charge in [0.05, 0.1) is 0 Å². The number of pyridine rings is 1. The molecule has 0 saturated heterocycles. The number of hydrogen-bond donors (Lipinski definition) is 0. The fourth-order valence-corrected chi connectivity index (χ4v) is 2.47. The van der Waals surface area contributed by atoms with Gasteiger partial charge in [-0.25, -0.2) is 0 Å². The standard InChI is InChI=1S/C15H15N.CH3Br/c1-11-4-5-14-10-15-12(3-2-8-16-15)6-7-13(14)9-11;1-2/h2-5,8-9H,6-7,10H2,1H3;1H3. The Morgan fingerprint density at radius 3 is 2.61 bits per heavy atom. The molecule has 1 aromatic heterocycles. The molecule has 18 heavy (non-hydrogen) atoms. The zero-order valence-electron chi connectivity index (χ0n) is 10.9. The Balaban J connectivity index is 0.000000574. The van der Waals surface area contributed by atoms with Crippen molar-refractivity contribution < 1.29 is 0 Å². The maximum absolute atomic E-state index is 4.50. The van der Waals surface area contributed by atoms with Gasteiger partial charge in [0.1, 0.15) is 0 Å². The molecule has 0 spiro atoms. The van der Waals surface area contributed by atoms with Crippen LogP contribution in [0.25, 0.3) is 0 Å². The summed E-state index contributed by atoms with van der Waals surface area (Å²) in [4.78, 5) is 4.50. The predicted octanol–water partition coefficient (Wildman–Crippen LogP) is 4.09. The maximum Gasteiger partial charge on any atom is 0.0479 e. The van der Waals surface area contributed by atoms with Crippen LogP contribution in [0.5, 0.6) is 0 Å². The Bertz CT molecular complexity index is 534. The molecule has 0 radical (unpaired) electrons. The van der Waals surface area contributed by atoms with Crippen LogP contribution in [0.2, 0.25) is 0 Å². The summed E-state index contributed by atoms with van der Waals surface area (Å²) in [7, 11) is 0. The van der Waals surface area contributed by atoms with E-state index in [-0.39, 0.29) is 0 Å². The summed E-state index contributed by atoms with van der Waals surface area (Å²) in [6.07, 6.45) is 5.17. The maximum atomic E-state index is 4.50. The first kappa shape index (κ1) is 13.3. The van der Waals surface area contributed by atoms with Crippen molar-refractivity contribution in [2.75, 3.05) is 5.83 Å². The van der Waals surface area contributed by atoms with Gasteiger partial charge in [-0.05, 0) is 48.4 Å². The Labute approximate surface area is 117 Å². The topological polar surface area (TPSA) is 12.9 Å². The lowest BCUT2D eigenvalue weighted by atomic mass is 10.0. The number of aryl methyl sites for hydroxylation is 3. The number of halogens is 1. The lowest BCUT2D eigenvalue weighted by molar-refractivity contribution is 0.950. The highest BCUT2D eigenvalue weighted by atomic mass is 79.9. The first-order chi connectivity index (χ1) is 8.83. The van der Waals surface area contributed by atoms with Crippen LogP contribution < -0.4 is 0 Å². The molecule has 94 valence electrons. The molecule has 0 saturated carbocycles. The molecule has 1 aliphatic rings. The third-order valence-electron chi connectivity index (χ3n) is 3.37. The fraction of sp³-hybridized carbons (Fsp3) is 0.312. The number of benzene rings is 1. The largest absolute Gasteiger partial charge is 0.261 e. The number of rotatable bonds is 0. The number of aromatic nitrogens is 1. The molecule has 1 heterocycles. The van der Waals surface area contributed by atoms with Crippen LogP contribution in [0, 0.1) is 6.92 Å². The van der Waals surface area contributed by atoms with Crippen molar-refractivity contribution in [1.29, 1.82) is 0 Å². The second kappa shape index (κ2) is 6.14. The second-order valence-corrected chi connectivity index (χ2v) is 4.56. The Morgan fingerprint density at radius 1 is 1.00 bits per heavy atom. The molecule has 2 heteroatoms. The van der Waals surface area contributed by atoms with E-state index in [0.29, 0.717) is 0 Å². The van der Waals surface area contributed by atoms with Crippen LogP contribution in [0.15, 0.2) is 36.5 Å². The summed E-state index contributed by atoms with van der Waals surface area (Å²) < 4.78 is 0. The van der Waals surface area contributed by atoms with Crippen molar-refractivity contribution in [1.82, 2.24) is 4.98 Å². The van der Waals surface area contributed by atoms with Crippen molar-refractivity contribution >= 4 is 15.9 Å². The molecule has 0 unspecified atom stereocenters. The number of hydrogen-bond acceptors (Lipinski definition) is 1. The van der Waals surface area contributed by atoms with Gasteiger partial charge in [0.25, 0.3) is 0 Å². The molecule has 1 aromatic carbocycles. The smallest absolute Gasteiger partial charge is 0.0479 e. The van der Waals surface area contributed by atoms with Gasteiger partial charge in [-0.15, -0.1) is 0 Å². The summed E-state index contributed by atoms with van der Waals surface area (Å²) in [5.41, 5.74) is 6.97. The fourth-order valence-electron chi connectivity index (χ4n) is 2.47. The first-order valence-electron chi connectivity index (χ1n) is 6.22. The summed E-state index contributed by atoms with van der Waals surface area (Å²) >= 11 is 2.94. The third kappa shape index (κ3) is 2.81. The summed E-state index contributed by atoms with van der Waals surface area (Å²) in [5, 5.41) is 0. The van der Waals surface area contributed by atoms with Crippen molar-refractivity contribution in [2.45, 2.75) is 26.2 Å². The molecule has 0 N–H and O–H groups in total. The quantitative estimate of drug-likeness (QED) is 0.668. The molecule has 0 atom stereocenters. The van der Waals surface area contributed by atoms with Crippen LogP contribution in [-0.4, -0.2) is 10.8 Å². The van der Waals surface area contributed by atoms with E-state index in [1.807, 2.05) is 18.1 Å². The van der Waals surface area contributed by atoms with Crippen LogP contribution >= 0.6 is 15.9 Å². The Kier molecular flexibility index (Phi) is 4.54. The van der Waals surface area contributed by atoms with Crippen molar-refractivity contribution in [2.24, 2.45) is 0 Å². The zero-order chi connectivity index (χ0) is 13.0. The molecule has 1 aliphatic carbocycles. The molecule has 0 amide bonds. The summed E-state index contributed by atoms with van der Waals surface area (Å²) in [6.45, 7) is 2.16. The highest BCUT2D eigenvalue weighted by Crippen LogP contribution is 2.23. The van der Waals surface area contributed by atoms with Gasteiger partial charge >= 0.3 is 0 Å². The summed E-state index contributed by atoms with van der Waals surface area (Å²) in [5.74, 6) is 1.81. The van der Waals surface area contributed by atoms with E-state index >= 15 is 0 Å². The van der Waals surface area contributed by atoms with Gasteiger partial charge in [-0.2, -0.15) is 0 Å². The zero-order valence-corrected chi connectivity index (χ0v) is 12.5. The van der Waals surface area contributed by atoms with E-state index in [1.165, 1.54) is 27.9 Å². The van der Waals surface area contributed by atoms with Gasteiger partial charge in [0, 0.05) is 18.3 Å². The lowest BCUT2D eigenvalue weighted by Crippen LogP contribution is -1.95. The van der Waals surface area contributed by atoms with Crippen molar-refractivity contribution in [3.05, 3.63) is 64.5 Å². The minimum Gasteiger partial charge on any atom is -0.261 e. The SMILES string of the molecule is CBr.Cc1ccc2c(c1)CCc1cccnc1C2. The molecule has 3 rings (SSSR count). The molecular weight excluding hydrogens is 286 g/mol. The van der Waals surface area contributed by atoms with E-state index in [1.54, 1.807) is 0 Å². The Morgan fingerprint density at radius 2 is 1.78 bits per heavy atom. The van der Waals surface area contributed by atoms with Crippen molar-refractivity contribution in [3.8, 4) is 0 Å². The average Bonchev–Trinajstić information content (AvgIpc) is 2.60. The van der Waals surface area contributed by atoms with E-state index in [4.69, 9.17) is 0 Å². The number of nitrogens with zero attached hydrogens (tertiary/aromatic N) is 1. The minimum absolute atomic E-state index is 0.992. The molecule has 0 aliphatic heterocycles. The van der Waals surface area contributed by atoms with Gasteiger partial charge in [0.2, 0.25) is 0 Å². The highest BCUT2D eigenvalue weighted by Gasteiger charge is 2.13. The number of fused-ring (bicyclic) bond motifs is 2. The normalized spacial score (nSPS) is 12.6. The van der Waals surface area contributed by atoms with Crippen LogP contribution in [-0.2, 0) is 19.3 Å². The molecule has 1 nitrogen and oxygen atoms in total. The van der Waals surface area contributed by atoms with Crippen LogP contribution in [0.4, 0.5) is 0 Å². The minimum atomic E-state index is 0.992. The molecular formula is C16H18BrN. The Hall–Kier alpha value is -1.15. The van der Waals surface area contributed by atoms with Gasteiger partial charge in [-0.3, -0.25) is 4.98 Å². The third-order valence-corrected chi connectivity index (χ3v) is 3.37. The van der Waals surface area contributed by atoms with Crippen LogP contribution in [0.1, 0.15) is 27.9 Å². The highest BCUT2D eigenvalue weighted by molar-refractivity contribution is 9.08. The average molecular weight is 304 g/mol. The van der Waals surface area contributed by atoms with Crippen LogP contribution in [0.3, 0.4) is 0 Å². The lowest BCUT2D eigenvalue weighted by Gasteiger charge is -2.06. The monoisotopic (exact) mass is 303 g/mol. The molecule has 0 bridgehead atoms. The van der Waals surface area contributed by atoms with Crippen molar-refractivity contribution in [3.63, 3.8) is 0 Å². The predicted molar refractivity (Wildman–Crippen MR) is 80.5 cm³/mol. The molecule has 2 aromatic rings. The van der Waals surface area contributed by atoms with Gasteiger partial charge in [0.15, 0.2) is 0 Å².